The third kappa shape index (κ3) is 4.03. The second-order valence-electron chi connectivity index (χ2n) is 6.08. The standard InChI is InChI=1S/C17H23N3O3S/c1-19-14-17(12-18-19)24(21,22)20-10-9-16(13-20)23-11-5-8-15-6-3-2-4-7-15/h2-4,6-7,12,14,16H,5,8-11,13H2,1H3/t16-/m0/s1. The van der Waals surface area contributed by atoms with Gasteiger partial charge in [0.05, 0.1) is 12.3 Å². The Bertz CT molecular complexity index is 758. The maximum Gasteiger partial charge on any atom is 0.246 e. The van der Waals surface area contributed by atoms with E-state index in [2.05, 4.69) is 17.2 Å². The van der Waals surface area contributed by atoms with E-state index < -0.39 is 10.0 Å². The molecule has 1 aliphatic rings. The van der Waals surface area contributed by atoms with Gasteiger partial charge in [-0.2, -0.15) is 9.40 Å². The molecule has 0 amide bonds. The number of benzene rings is 1. The Morgan fingerprint density at radius 1 is 1.29 bits per heavy atom. The van der Waals surface area contributed by atoms with Gasteiger partial charge in [-0.05, 0) is 24.8 Å². The van der Waals surface area contributed by atoms with Gasteiger partial charge in [-0.1, -0.05) is 30.3 Å². The average Bonchev–Trinajstić information content (AvgIpc) is 3.22. The summed E-state index contributed by atoms with van der Waals surface area (Å²) in [5, 5.41) is 3.94. The van der Waals surface area contributed by atoms with Crippen LogP contribution in [0.15, 0.2) is 47.6 Å². The van der Waals surface area contributed by atoms with Crippen LogP contribution in [-0.4, -0.2) is 48.3 Å². The van der Waals surface area contributed by atoms with Crippen LogP contribution in [-0.2, 0) is 28.2 Å². The maximum atomic E-state index is 12.5. The molecule has 2 heterocycles. The zero-order chi connectivity index (χ0) is 17.0. The number of aromatic nitrogens is 2. The van der Waals surface area contributed by atoms with E-state index in [1.807, 2.05) is 18.2 Å². The summed E-state index contributed by atoms with van der Waals surface area (Å²) >= 11 is 0. The molecule has 0 N–H and O–H groups in total. The molecule has 0 spiro atoms. The van der Waals surface area contributed by atoms with Crippen LogP contribution in [0.1, 0.15) is 18.4 Å². The zero-order valence-corrected chi connectivity index (χ0v) is 14.7. The van der Waals surface area contributed by atoms with Gasteiger partial charge in [0.2, 0.25) is 10.0 Å². The van der Waals surface area contributed by atoms with Crippen LogP contribution in [0.2, 0.25) is 0 Å². The molecule has 1 aromatic heterocycles. The van der Waals surface area contributed by atoms with Gasteiger partial charge in [0, 0.05) is 32.9 Å². The maximum absolute atomic E-state index is 12.5. The fourth-order valence-corrected chi connectivity index (χ4v) is 4.38. The molecule has 0 bridgehead atoms. The van der Waals surface area contributed by atoms with Crippen LogP contribution < -0.4 is 0 Å². The first-order valence-electron chi connectivity index (χ1n) is 8.20. The molecule has 0 unspecified atom stereocenters. The Labute approximate surface area is 143 Å². The highest BCUT2D eigenvalue weighted by Gasteiger charge is 2.33. The van der Waals surface area contributed by atoms with Crippen molar-refractivity contribution < 1.29 is 13.2 Å². The lowest BCUT2D eigenvalue weighted by molar-refractivity contribution is 0.0621. The van der Waals surface area contributed by atoms with Crippen LogP contribution >= 0.6 is 0 Å². The summed E-state index contributed by atoms with van der Waals surface area (Å²) in [5.41, 5.74) is 1.30. The van der Waals surface area contributed by atoms with E-state index in [-0.39, 0.29) is 11.0 Å². The summed E-state index contributed by atoms with van der Waals surface area (Å²) in [6.45, 7) is 1.57. The van der Waals surface area contributed by atoms with Crippen molar-refractivity contribution in [1.82, 2.24) is 14.1 Å². The highest BCUT2D eigenvalue weighted by molar-refractivity contribution is 7.89. The fraction of sp³-hybridized carbons (Fsp3) is 0.471. The van der Waals surface area contributed by atoms with E-state index >= 15 is 0 Å². The number of ether oxygens (including phenoxy) is 1. The molecular weight excluding hydrogens is 326 g/mol. The molecule has 3 rings (SSSR count). The number of nitrogens with zero attached hydrogens (tertiary/aromatic N) is 3. The van der Waals surface area contributed by atoms with Gasteiger partial charge in [-0.3, -0.25) is 4.68 Å². The third-order valence-corrected chi connectivity index (χ3v) is 6.05. The predicted octanol–water partition coefficient (Wildman–Crippen LogP) is 1.83. The van der Waals surface area contributed by atoms with Gasteiger partial charge < -0.3 is 4.74 Å². The summed E-state index contributed by atoms with van der Waals surface area (Å²) in [4.78, 5) is 0.245. The van der Waals surface area contributed by atoms with E-state index in [9.17, 15) is 8.42 Å². The summed E-state index contributed by atoms with van der Waals surface area (Å²) in [5.74, 6) is 0. The molecule has 7 heteroatoms. The van der Waals surface area contributed by atoms with Gasteiger partial charge in [0.15, 0.2) is 0 Å². The van der Waals surface area contributed by atoms with Crippen molar-refractivity contribution in [2.24, 2.45) is 7.05 Å². The van der Waals surface area contributed by atoms with Crippen molar-refractivity contribution >= 4 is 10.0 Å². The minimum atomic E-state index is -3.45. The van der Waals surface area contributed by atoms with E-state index in [0.29, 0.717) is 19.7 Å². The van der Waals surface area contributed by atoms with Gasteiger partial charge in [-0.15, -0.1) is 0 Å². The molecule has 0 radical (unpaired) electrons. The molecule has 130 valence electrons. The van der Waals surface area contributed by atoms with Crippen molar-refractivity contribution in [2.45, 2.75) is 30.3 Å². The molecule has 1 aromatic carbocycles. The Kier molecular flexibility index (Phi) is 5.33. The van der Waals surface area contributed by atoms with Gasteiger partial charge in [0.1, 0.15) is 4.90 Å². The Balaban J connectivity index is 1.45. The molecule has 0 aliphatic carbocycles. The summed E-state index contributed by atoms with van der Waals surface area (Å²) in [6.07, 6.45) is 5.56. The monoisotopic (exact) mass is 349 g/mol. The Morgan fingerprint density at radius 3 is 2.79 bits per heavy atom. The van der Waals surface area contributed by atoms with Crippen molar-refractivity contribution in [3.8, 4) is 0 Å². The van der Waals surface area contributed by atoms with Crippen molar-refractivity contribution in [2.75, 3.05) is 19.7 Å². The first-order valence-corrected chi connectivity index (χ1v) is 9.64. The summed E-state index contributed by atoms with van der Waals surface area (Å²) in [6, 6.07) is 10.3. The van der Waals surface area contributed by atoms with E-state index in [0.717, 1.165) is 19.3 Å². The topological polar surface area (TPSA) is 64.4 Å². The number of hydrogen-bond donors (Lipinski definition) is 0. The Morgan fingerprint density at radius 2 is 2.08 bits per heavy atom. The second-order valence-corrected chi connectivity index (χ2v) is 8.02. The van der Waals surface area contributed by atoms with Crippen LogP contribution in [0, 0.1) is 0 Å². The zero-order valence-electron chi connectivity index (χ0n) is 13.8. The van der Waals surface area contributed by atoms with Crippen LogP contribution in [0.25, 0.3) is 0 Å². The second kappa shape index (κ2) is 7.46. The first-order chi connectivity index (χ1) is 11.6. The minimum Gasteiger partial charge on any atom is -0.377 e. The van der Waals surface area contributed by atoms with Gasteiger partial charge in [-0.25, -0.2) is 8.42 Å². The molecule has 1 fully saturated rings. The first kappa shape index (κ1) is 17.1. The van der Waals surface area contributed by atoms with E-state index in [1.54, 1.807) is 7.05 Å². The number of rotatable bonds is 7. The SMILES string of the molecule is Cn1cc(S(=O)(=O)N2CC[C@H](OCCCc3ccccc3)C2)cn1. The number of hydrogen-bond acceptors (Lipinski definition) is 4. The molecule has 2 aromatic rings. The van der Waals surface area contributed by atoms with Crippen molar-refractivity contribution in [3.05, 3.63) is 48.3 Å². The minimum absolute atomic E-state index is 0.0211. The number of sulfonamides is 1. The summed E-state index contributed by atoms with van der Waals surface area (Å²) < 4.78 is 33.9. The van der Waals surface area contributed by atoms with E-state index in [1.165, 1.54) is 26.9 Å². The molecule has 6 nitrogen and oxygen atoms in total. The number of aryl methyl sites for hydroxylation is 2. The molecule has 24 heavy (non-hydrogen) atoms. The fourth-order valence-electron chi connectivity index (χ4n) is 2.90. The summed E-state index contributed by atoms with van der Waals surface area (Å²) in [7, 11) is -1.74. The molecule has 1 atom stereocenters. The molecule has 0 saturated carbocycles. The van der Waals surface area contributed by atoms with Gasteiger partial charge >= 0.3 is 0 Å². The lowest BCUT2D eigenvalue weighted by atomic mass is 10.1. The van der Waals surface area contributed by atoms with Crippen LogP contribution in [0.3, 0.4) is 0 Å². The molecule has 1 saturated heterocycles. The lowest BCUT2D eigenvalue weighted by Crippen LogP contribution is -2.30. The third-order valence-electron chi connectivity index (χ3n) is 4.23. The van der Waals surface area contributed by atoms with Crippen molar-refractivity contribution in [1.29, 1.82) is 0 Å². The van der Waals surface area contributed by atoms with Crippen LogP contribution in [0.4, 0.5) is 0 Å². The van der Waals surface area contributed by atoms with Gasteiger partial charge in [0.25, 0.3) is 0 Å². The average molecular weight is 349 g/mol. The highest BCUT2D eigenvalue weighted by atomic mass is 32.2. The van der Waals surface area contributed by atoms with Crippen LogP contribution in [0.5, 0.6) is 0 Å². The van der Waals surface area contributed by atoms with E-state index in [4.69, 9.17) is 4.74 Å². The largest absolute Gasteiger partial charge is 0.377 e. The quantitative estimate of drug-likeness (QED) is 0.716. The molecule has 1 aliphatic heterocycles. The predicted molar refractivity (Wildman–Crippen MR) is 91.1 cm³/mol. The normalized spacial score (nSPS) is 19.0. The lowest BCUT2D eigenvalue weighted by Gasteiger charge is -2.15. The highest BCUT2D eigenvalue weighted by Crippen LogP contribution is 2.22. The van der Waals surface area contributed by atoms with Crippen molar-refractivity contribution in [3.63, 3.8) is 0 Å². The molecular formula is C17H23N3O3S. The Hall–Kier alpha value is -1.70. The smallest absolute Gasteiger partial charge is 0.246 e.